The van der Waals surface area contributed by atoms with Gasteiger partial charge in [-0.3, -0.25) is 9.48 Å². The molecule has 29 heavy (non-hydrogen) atoms. The Morgan fingerprint density at radius 3 is 2.59 bits per heavy atom. The number of pyridine rings is 1. The molecule has 148 valence electrons. The minimum atomic E-state index is -2.69. The number of amides is 1. The average molecular weight is 396 g/mol. The molecule has 1 N–H and O–H groups in total. The second kappa shape index (κ2) is 7.42. The minimum Gasteiger partial charge on any atom is -0.308 e. The van der Waals surface area contributed by atoms with E-state index in [0.29, 0.717) is 22.8 Å². The molecular formula is C20H18F2N6O. The van der Waals surface area contributed by atoms with E-state index < -0.39 is 6.43 Å². The number of nitrogens with one attached hydrogen (secondary N) is 1. The zero-order valence-corrected chi connectivity index (χ0v) is 15.8. The van der Waals surface area contributed by atoms with Gasteiger partial charge in [-0.25, -0.2) is 18.4 Å². The first kappa shape index (κ1) is 18.7. The van der Waals surface area contributed by atoms with Gasteiger partial charge < -0.3 is 5.32 Å². The maximum Gasteiger partial charge on any atom is 0.264 e. The van der Waals surface area contributed by atoms with Gasteiger partial charge in [-0.2, -0.15) is 10.2 Å². The van der Waals surface area contributed by atoms with E-state index in [4.69, 9.17) is 0 Å². The number of carbonyl (C=O) groups is 1. The van der Waals surface area contributed by atoms with Gasteiger partial charge in [0.25, 0.3) is 6.43 Å². The molecule has 0 aliphatic rings. The molecule has 7 nitrogen and oxygen atoms in total. The van der Waals surface area contributed by atoms with Gasteiger partial charge in [-0.1, -0.05) is 30.3 Å². The van der Waals surface area contributed by atoms with Gasteiger partial charge >= 0.3 is 0 Å². The van der Waals surface area contributed by atoms with Crippen LogP contribution in [0.3, 0.4) is 0 Å². The summed E-state index contributed by atoms with van der Waals surface area (Å²) in [7, 11) is 1.74. The summed E-state index contributed by atoms with van der Waals surface area (Å²) in [5.74, 6) is 0.0236. The Morgan fingerprint density at radius 1 is 1.17 bits per heavy atom. The number of hydrogen-bond acceptors (Lipinski definition) is 4. The highest BCUT2D eigenvalue weighted by atomic mass is 19.3. The smallest absolute Gasteiger partial charge is 0.264 e. The van der Waals surface area contributed by atoms with Crippen molar-refractivity contribution >= 4 is 22.8 Å². The van der Waals surface area contributed by atoms with Crippen LogP contribution in [-0.4, -0.2) is 30.5 Å². The van der Waals surface area contributed by atoms with Crippen molar-refractivity contribution in [3.63, 3.8) is 0 Å². The molecule has 0 radical (unpaired) electrons. The van der Waals surface area contributed by atoms with E-state index in [1.807, 2.05) is 18.2 Å². The van der Waals surface area contributed by atoms with E-state index in [2.05, 4.69) is 20.5 Å². The van der Waals surface area contributed by atoms with Crippen molar-refractivity contribution < 1.29 is 13.6 Å². The van der Waals surface area contributed by atoms with E-state index in [0.717, 1.165) is 0 Å². The van der Waals surface area contributed by atoms with Crippen LogP contribution in [0.4, 0.5) is 14.6 Å². The summed E-state index contributed by atoms with van der Waals surface area (Å²) < 4.78 is 30.5. The highest BCUT2D eigenvalue weighted by Crippen LogP contribution is 2.33. The van der Waals surface area contributed by atoms with Gasteiger partial charge in [0.15, 0.2) is 11.5 Å². The van der Waals surface area contributed by atoms with Gasteiger partial charge in [0.1, 0.15) is 6.54 Å². The lowest BCUT2D eigenvalue weighted by Crippen LogP contribution is -2.20. The largest absolute Gasteiger partial charge is 0.308 e. The molecule has 1 aromatic carbocycles. The Kier molecular flexibility index (Phi) is 4.79. The summed E-state index contributed by atoms with van der Waals surface area (Å²) in [6.07, 6.45) is -0.993. The van der Waals surface area contributed by atoms with E-state index in [1.165, 1.54) is 10.7 Å². The molecule has 0 spiro atoms. The zero-order chi connectivity index (χ0) is 20.5. The number of aromatic nitrogens is 5. The molecule has 0 aliphatic carbocycles. The third kappa shape index (κ3) is 3.71. The molecule has 0 bridgehead atoms. The van der Waals surface area contributed by atoms with Crippen molar-refractivity contribution in [1.82, 2.24) is 24.5 Å². The van der Waals surface area contributed by atoms with E-state index >= 15 is 0 Å². The average Bonchev–Trinajstić information content (AvgIpc) is 3.24. The van der Waals surface area contributed by atoms with E-state index in [1.54, 1.807) is 43.0 Å². The van der Waals surface area contributed by atoms with Gasteiger partial charge in [-0.15, -0.1) is 0 Å². The molecule has 1 amide bonds. The van der Waals surface area contributed by atoms with Gasteiger partial charge in [0, 0.05) is 30.4 Å². The fourth-order valence-electron chi connectivity index (χ4n) is 3.23. The van der Waals surface area contributed by atoms with Crippen LogP contribution in [0.2, 0.25) is 0 Å². The first-order chi connectivity index (χ1) is 13.9. The Balaban J connectivity index is 1.76. The standard InChI is InChI=1S/C20H18F2N6O/c1-12-18-14(19(21)22)10-15(13-6-4-3-5-7-13)23-20(18)28(25-12)11-17(29)24-16-8-9-27(2)26-16/h3-10,19H,11H2,1-2H3,(H,24,26,29). The molecule has 9 heteroatoms. The number of hydrogen-bond donors (Lipinski definition) is 1. The highest BCUT2D eigenvalue weighted by Gasteiger charge is 2.22. The van der Waals surface area contributed by atoms with Crippen LogP contribution in [0.1, 0.15) is 17.7 Å². The number of carbonyl (C=O) groups excluding carboxylic acids is 1. The molecule has 0 aliphatic heterocycles. The van der Waals surface area contributed by atoms with Crippen LogP contribution >= 0.6 is 0 Å². The SMILES string of the molecule is Cc1nn(CC(=O)Nc2ccn(C)n2)c2nc(-c3ccccc3)cc(C(F)F)c12. The molecular weight excluding hydrogens is 378 g/mol. The van der Waals surface area contributed by atoms with Crippen LogP contribution in [0, 0.1) is 6.92 Å². The van der Waals surface area contributed by atoms with Crippen molar-refractivity contribution in [2.24, 2.45) is 7.05 Å². The summed E-state index contributed by atoms with van der Waals surface area (Å²) in [6, 6.07) is 12.1. The number of rotatable bonds is 5. The first-order valence-corrected chi connectivity index (χ1v) is 8.93. The lowest BCUT2D eigenvalue weighted by molar-refractivity contribution is -0.116. The van der Waals surface area contributed by atoms with Crippen LogP contribution < -0.4 is 5.32 Å². The summed E-state index contributed by atoms with van der Waals surface area (Å²) in [5, 5.41) is 11.3. The van der Waals surface area contributed by atoms with Crippen molar-refractivity contribution in [2.45, 2.75) is 19.9 Å². The van der Waals surface area contributed by atoms with Gasteiger partial charge in [0.05, 0.1) is 16.8 Å². The minimum absolute atomic E-state index is 0.150. The predicted molar refractivity (Wildman–Crippen MR) is 104 cm³/mol. The lowest BCUT2D eigenvalue weighted by atomic mass is 10.1. The van der Waals surface area contributed by atoms with Crippen molar-refractivity contribution in [3.8, 4) is 11.3 Å². The number of benzene rings is 1. The topological polar surface area (TPSA) is 77.6 Å². The Bertz CT molecular complexity index is 1180. The second-order valence-electron chi connectivity index (χ2n) is 6.63. The molecule has 4 aromatic rings. The number of aryl methyl sites for hydroxylation is 2. The number of fused-ring (bicyclic) bond motifs is 1. The summed E-state index contributed by atoms with van der Waals surface area (Å²) in [4.78, 5) is 17.0. The quantitative estimate of drug-likeness (QED) is 0.558. The molecule has 3 heterocycles. The summed E-state index contributed by atoms with van der Waals surface area (Å²) >= 11 is 0. The van der Waals surface area contributed by atoms with E-state index in [9.17, 15) is 13.6 Å². The maximum absolute atomic E-state index is 13.8. The molecule has 3 aromatic heterocycles. The zero-order valence-electron chi connectivity index (χ0n) is 15.8. The third-order valence-electron chi connectivity index (χ3n) is 4.49. The van der Waals surface area contributed by atoms with Crippen LogP contribution in [0.5, 0.6) is 0 Å². The van der Waals surface area contributed by atoms with Gasteiger partial charge in [-0.05, 0) is 13.0 Å². The number of anilines is 1. The van der Waals surface area contributed by atoms with Crippen molar-refractivity contribution in [3.05, 3.63) is 59.9 Å². The fraction of sp³-hybridized carbons (Fsp3) is 0.200. The Hall–Kier alpha value is -3.62. The highest BCUT2D eigenvalue weighted by molar-refractivity contribution is 5.91. The van der Waals surface area contributed by atoms with Crippen LogP contribution in [-0.2, 0) is 18.4 Å². The number of alkyl halides is 2. The number of halogens is 2. The Morgan fingerprint density at radius 2 is 1.93 bits per heavy atom. The predicted octanol–water partition coefficient (Wildman–Crippen LogP) is 3.72. The fourth-order valence-corrected chi connectivity index (χ4v) is 3.23. The summed E-state index contributed by atoms with van der Waals surface area (Å²) in [6.45, 7) is 1.46. The van der Waals surface area contributed by atoms with Crippen LogP contribution in [0.15, 0.2) is 48.7 Å². The molecule has 0 fully saturated rings. The monoisotopic (exact) mass is 396 g/mol. The lowest BCUT2D eigenvalue weighted by Gasteiger charge is -2.09. The molecule has 0 unspecified atom stereocenters. The first-order valence-electron chi connectivity index (χ1n) is 8.93. The molecule has 0 saturated carbocycles. The molecule has 0 saturated heterocycles. The van der Waals surface area contributed by atoms with Crippen LogP contribution in [0.25, 0.3) is 22.3 Å². The van der Waals surface area contributed by atoms with Crippen molar-refractivity contribution in [2.75, 3.05) is 5.32 Å². The summed E-state index contributed by atoms with van der Waals surface area (Å²) in [5.41, 5.74) is 1.60. The third-order valence-corrected chi connectivity index (χ3v) is 4.49. The Labute approximate surface area is 165 Å². The maximum atomic E-state index is 13.8. The molecule has 4 rings (SSSR count). The van der Waals surface area contributed by atoms with Gasteiger partial charge in [0.2, 0.25) is 5.91 Å². The normalized spacial score (nSPS) is 11.3. The molecule has 0 atom stereocenters. The number of nitrogens with zero attached hydrogens (tertiary/aromatic N) is 5. The second-order valence-corrected chi connectivity index (χ2v) is 6.63. The van der Waals surface area contributed by atoms with E-state index in [-0.39, 0.29) is 29.0 Å². The van der Waals surface area contributed by atoms with Crippen molar-refractivity contribution in [1.29, 1.82) is 0 Å².